The monoisotopic (exact) mass is 507 g/mol. The van der Waals surface area contributed by atoms with E-state index in [1.807, 2.05) is 19.1 Å². The molecule has 2 heterocycles. The zero-order valence-corrected chi connectivity index (χ0v) is 19.3. The molecule has 1 N–H and O–H groups in total. The molecule has 0 radical (unpaired) electrons. The van der Waals surface area contributed by atoms with Crippen molar-refractivity contribution < 1.29 is 8.42 Å². The first-order chi connectivity index (χ1) is 11.8. The van der Waals surface area contributed by atoms with Gasteiger partial charge in [-0.2, -0.15) is 0 Å². The number of hydrogen-bond acceptors (Lipinski definition) is 4. The van der Waals surface area contributed by atoms with Crippen LogP contribution in [-0.2, 0) is 16.4 Å². The molecule has 0 unspecified atom stereocenters. The molecule has 144 valence electrons. The van der Waals surface area contributed by atoms with Crippen LogP contribution in [0.4, 0.5) is 0 Å². The third-order valence-electron chi connectivity index (χ3n) is 4.64. The van der Waals surface area contributed by atoms with Crippen molar-refractivity contribution in [1.29, 1.82) is 0 Å². The summed E-state index contributed by atoms with van der Waals surface area (Å²) in [6.07, 6.45) is 0. The van der Waals surface area contributed by atoms with Crippen LogP contribution in [0.25, 0.3) is 10.1 Å². The molecule has 0 aliphatic carbocycles. The molecule has 1 aromatic heterocycles. The van der Waals surface area contributed by atoms with Gasteiger partial charge >= 0.3 is 0 Å². The van der Waals surface area contributed by atoms with E-state index in [9.17, 15) is 8.42 Å². The van der Waals surface area contributed by atoms with Gasteiger partial charge in [0.05, 0.1) is 17.0 Å². The largest absolute Gasteiger partial charge is 0.357 e. The van der Waals surface area contributed by atoms with Crippen LogP contribution in [0.15, 0.2) is 34.6 Å². The summed E-state index contributed by atoms with van der Waals surface area (Å²) in [5, 5.41) is 6.71. The van der Waals surface area contributed by atoms with Gasteiger partial charge in [-0.3, -0.25) is 0 Å². The Bertz CT molecular complexity index is 891. The fraction of sp³-hybridized carbons (Fsp3) is 0.500. The van der Waals surface area contributed by atoms with Gasteiger partial charge in [-0.05, 0) is 43.2 Å². The SMILES string of the molecule is CCNC(=NCc1csc2ccccc12)N1CCS(=O)(=O)C(C)(C)C1.I. The number of rotatable bonds is 3. The average Bonchev–Trinajstić information content (AvgIpc) is 2.97. The topological polar surface area (TPSA) is 61.8 Å². The smallest absolute Gasteiger partial charge is 0.194 e. The minimum Gasteiger partial charge on any atom is -0.357 e. The number of sulfone groups is 1. The van der Waals surface area contributed by atoms with Crippen LogP contribution < -0.4 is 5.32 Å². The summed E-state index contributed by atoms with van der Waals surface area (Å²) in [5.74, 6) is 0.965. The number of nitrogens with one attached hydrogen (secondary N) is 1. The van der Waals surface area contributed by atoms with Crippen molar-refractivity contribution >= 4 is 61.2 Å². The molecule has 0 saturated carbocycles. The third kappa shape index (κ3) is 4.33. The Balaban J connectivity index is 0.00000243. The lowest BCUT2D eigenvalue weighted by Gasteiger charge is -2.39. The molecule has 1 aromatic carbocycles. The molecule has 0 atom stereocenters. The molecule has 0 bridgehead atoms. The van der Waals surface area contributed by atoms with Crippen LogP contribution in [0.5, 0.6) is 0 Å². The molecule has 26 heavy (non-hydrogen) atoms. The van der Waals surface area contributed by atoms with Crippen molar-refractivity contribution in [3.8, 4) is 0 Å². The minimum atomic E-state index is -3.05. The highest BCUT2D eigenvalue weighted by Crippen LogP contribution is 2.27. The van der Waals surface area contributed by atoms with Crippen molar-refractivity contribution in [3.63, 3.8) is 0 Å². The van der Waals surface area contributed by atoms with Crippen molar-refractivity contribution in [2.24, 2.45) is 4.99 Å². The van der Waals surface area contributed by atoms with E-state index in [2.05, 4.69) is 27.7 Å². The summed E-state index contributed by atoms with van der Waals surface area (Å²) in [6.45, 7) is 7.92. The fourth-order valence-electron chi connectivity index (χ4n) is 3.07. The van der Waals surface area contributed by atoms with Crippen molar-refractivity contribution in [3.05, 3.63) is 35.2 Å². The highest BCUT2D eigenvalue weighted by Gasteiger charge is 2.40. The highest BCUT2D eigenvalue weighted by molar-refractivity contribution is 14.0. The van der Waals surface area contributed by atoms with Crippen LogP contribution in [0, 0.1) is 0 Å². The number of guanidine groups is 1. The molecule has 1 aliphatic heterocycles. The van der Waals surface area contributed by atoms with Gasteiger partial charge < -0.3 is 10.2 Å². The summed E-state index contributed by atoms with van der Waals surface area (Å²) < 4.78 is 25.0. The summed E-state index contributed by atoms with van der Waals surface area (Å²) in [4.78, 5) is 6.85. The lowest BCUT2D eigenvalue weighted by molar-refractivity contribution is 0.353. The Morgan fingerprint density at radius 2 is 2.08 bits per heavy atom. The van der Waals surface area contributed by atoms with Crippen LogP contribution >= 0.6 is 35.3 Å². The fourth-order valence-corrected chi connectivity index (χ4v) is 5.39. The van der Waals surface area contributed by atoms with Crippen LogP contribution in [0.2, 0.25) is 0 Å². The Hall–Kier alpha value is -0.870. The lowest BCUT2D eigenvalue weighted by atomic mass is 10.2. The normalized spacial score (nSPS) is 19.2. The Kier molecular flexibility index (Phi) is 6.95. The molecule has 3 rings (SSSR count). The van der Waals surface area contributed by atoms with Gasteiger partial charge in [-0.15, -0.1) is 35.3 Å². The van der Waals surface area contributed by atoms with Gasteiger partial charge in [-0.25, -0.2) is 13.4 Å². The van der Waals surface area contributed by atoms with Gasteiger partial charge in [-0.1, -0.05) is 18.2 Å². The molecular weight excluding hydrogens is 481 g/mol. The number of fused-ring (bicyclic) bond motifs is 1. The molecule has 5 nitrogen and oxygen atoms in total. The second-order valence-electron chi connectivity index (χ2n) is 6.93. The first kappa shape index (κ1) is 21.4. The summed E-state index contributed by atoms with van der Waals surface area (Å²) in [7, 11) is -3.05. The van der Waals surface area contributed by atoms with E-state index in [4.69, 9.17) is 4.99 Å². The second kappa shape index (κ2) is 8.43. The van der Waals surface area contributed by atoms with Gasteiger partial charge in [0.1, 0.15) is 0 Å². The molecule has 0 spiro atoms. The first-order valence-electron chi connectivity index (χ1n) is 8.55. The molecule has 2 aromatic rings. The maximum Gasteiger partial charge on any atom is 0.194 e. The predicted molar refractivity (Wildman–Crippen MR) is 121 cm³/mol. The highest BCUT2D eigenvalue weighted by atomic mass is 127. The zero-order chi connectivity index (χ0) is 18.1. The van der Waals surface area contributed by atoms with Gasteiger partial charge in [0.2, 0.25) is 0 Å². The average molecular weight is 507 g/mol. The molecule has 8 heteroatoms. The van der Waals surface area contributed by atoms with E-state index in [1.165, 1.54) is 15.6 Å². The van der Waals surface area contributed by atoms with Gasteiger partial charge in [0.15, 0.2) is 15.8 Å². The predicted octanol–water partition coefficient (Wildman–Crippen LogP) is 3.49. The van der Waals surface area contributed by atoms with Crippen molar-refractivity contribution in [2.45, 2.75) is 32.1 Å². The van der Waals surface area contributed by atoms with E-state index in [0.717, 1.165) is 12.5 Å². The molecule has 1 aliphatic rings. The number of nitrogens with zero attached hydrogens (tertiary/aromatic N) is 2. The second-order valence-corrected chi connectivity index (χ2v) is 10.6. The molecule has 0 amide bonds. The number of hydrogen-bond donors (Lipinski definition) is 1. The van der Waals surface area contributed by atoms with Crippen molar-refractivity contribution in [2.75, 3.05) is 25.4 Å². The van der Waals surface area contributed by atoms with Crippen LogP contribution in [0.3, 0.4) is 0 Å². The minimum absolute atomic E-state index is 0. The number of aliphatic imine (C=N–C) groups is 1. The summed E-state index contributed by atoms with van der Waals surface area (Å²) in [5.41, 5.74) is 1.21. The quantitative estimate of drug-likeness (QED) is 0.393. The summed E-state index contributed by atoms with van der Waals surface area (Å²) >= 11 is 1.73. The standard InChI is InChI=1S/C18H25N3O2S2.HI/c1-4-19-17(21-9-10-25(22,23)18(2,3)13-21)20-11-14-12-24-16-8-6-5-7-15(14)16;/h5-8,12H,4,9-11,13H2,1-3H3,(H,19,20);1H. The van der Waals surface area contributed by atoms with E-state index in [1.54, 1.807) is 25.2 Å². The van der Waals surface area contributed by atoms with Gasteiger partial charge in [0, 0.05) is 24.3 Å². The maximum absolute atomic E-state index is 12.2. The molecule has 1 fully saturated rings. The third-order valence-corrected chi connectivity index (χ3v) is 8.18. The molecule has 1 saturated heterocycles. The van der Waals surface area contributed by atoms with E-state index in [0.29, 0.717) is 19.6 Å². The summed E-state index contributed by atoms with van der Waals surface area (Å²) in [6, 6.07) is 8.34. The van der Waals surface area contributed by atoms with Crippen LogP contribution in [-0.4, -0.2) is 49.4 Å². The molecular formula is C18H26IN3O2S2. The number of benzene rings is 1. The number of halogens is 1. The maximum atomic E-state index is 12.2. The van der Waals surface area contributed by atoms with Gasteiger partial charge in [0.25, 0.3) is 0 Å². The van der Waals surface area contributed by atoms with E-state index >= 15 is 0 Å². The Labute approximate surface area is 176 Å². The van der Waals surface area contributed by atoms with Crippen molar-refractivity contribution in [1.82, 2.24) is 10.2 Å². The van der Waals surface area contributed by atoms with Crippen LogP contribution in [0.1, 0.15) is 26.3 Å². The van der Waals surface area contributed by atoms with E-state index < -0.39 is 14.6 Å². The Morgan fingerprint density at radius 3 is 2.77 bits per heavy atom. The Morgan fingerprint density at radius 1 is 1.35 bits per heavy atom. The zero-order valence-electron chi connectivity index (χ0n) is 15.4. The first-order valence-corrected chi connectivity index (χ1v) is 11.1. The lowest BCUT2D eigenvalue weighted by Crippen LogP contribution is -2.57. The van der Waals surface area contributed by atoms with E-state index in [-0.39, 0.29) is 29.7 Å². The number of thiophene rings is 1.